The largest absolute Gasteiger partial charge is 0.480 e. The average molecular weight is 657 g/mol. The molecular weight excluding hydrogens is 628 g/mol. The standard InChI is InChI=1S/C28H29IN5O4P/c1-28(2,36)19-6-9-24-18(14-19)4-7-22-20-15-17(5-8-23(20)34(31-22)39-29)21-16-30-32(3)27(21)37-13-12-33-11-10-25(38-24)26(33)35/h4-9,14-16,25,36,39H,10-13H2,1-3H3/b7-4+. The summed E-state index contributed by atoms with van der Waals surface area (Å²) in [5, 5.41) is 21.0. The first-order valence-electron chi connectivity index (χ1n) is 12.8. The van der Waals surface area contributed by atoms with Crippen molar-refractivity contribution in [3.8, 4) is 22.8 Å². The number of aromatic nitrogens is 4. The Morgan fingerprint density at radius 3 is 2.79 bits per heavy atom. The van der Waals surface area contributed by atoms with Crippen LogP contribution >= 0.6 is 28.4 Å². The number of aryl methyl sites for hydroxylation is 1. The molecule has 0 radical (unpaired) electrons. The van der Waals surface area contributed by atoms with Crippen molar-refractivity contribution in [2.24, 2.45) is 7.05 Å². The van der Waals surface area contributed by atoms with E-state index in [1.807, 2.05) is 48.0 Å². The van der Waals surface area contributed by atoms with Gasteiger partial charge in [-0.15, -0.1) is 0 Å². The number of nitrogens with zero attached hydrogens (tertiary/aromatic N) is 5. The van der Waals surface area contributed by atoms with E-state index in [0.29, 0.717) is 44.1 Å². The smallest absolute Gasteiger partial charge is 0.263 e. The van der Waals surface area contributed by atoms with E-state index in [1.165, 1.54) is 0 Å². The molecule has 0 spiro atoms. The predicted octanol–water partition coefficient (Wildman–Crippen LogP) is 5.00. The zero-order chi connectivity index (χ0) is 27.3. The molecular formula is C28H29IN5O4P. The van der Waals surface area contributed by atoms with Crippen molar-refractivity contribution < 1.29 is 19.4 Å². The molecule has 0 aliphatic carbocycles. The minimum absolute atomic E-state index is 0.0511. The summed E-state index contributed by atoms with van der Waals surface area (Å²) >= 11 is 2.33. The van der Waals surface area contributed by atoms with Crippen LogP contribution in [0.25, 0.3) is 34.2 Å². The number of hydrogen-bond acceptors (Lipinski definition) is 6. The van der Waals surface area contributed by atoms with E-state index in [2.05, 4.69) is 45.3 Å². The van der Waals surface area contributed by atoms with Crippen molar-refractivity contribution in [1.29, 1.82) is 0 Å². The SMILES string of the molecule is Cn1ncc2c1OCCN1CCC(Oc3ccc(C(C)(C)O)cc3/C=C/c3nn(PI)c4ccc-2cc34)C1=O. The molecule has 2 aliphatic rings. The second-order valence-electron chi connectivity index (χ2n) is 10.3. The molecule has 4 aromatic rings. The van der Waals surface area contributed by atoms with Crippen LogP contribution < -0.4 is 9.47 Å². The summed E-state index contributed by atoms with van der Waals surface area (Å²) in [7, 11) is 1.85. The first-order valence-corrected chi connectivity index (χ1v) is 16.8. The van der Waals surface area contributed by atoms with E-state index in [9.17, 15) is 9.90 Å². The second kappa shape index (κ2) is 10.2. The van der Waals surface area contributed by atoms with Crippen molar-refractivity contribution >= 4 is 57.4 Å². The molecule has 4 heterocycles. The monoisotopic (exact) mass is 657 g/mol. The van der Waals surface area contributed by atoms with Crippen LogP contribution in [0.3, 0.4) is 0 Å². The summed E-state index contributed by atoms with van der Waals surface area (Å²) in [6.07, 6.45) is 6.19. The molecule has 2 aliphatic heterocycles. The highest BCUT2D eigenvalue weighted by Gasteiger charge is 2.34. The Balaban J connectivity index is 1.52. The molecule has 4 bridgehead atoms. The van der Waals surface area contributed by atoms with Gasteiger partial charge in [-0.3, -0.25) is 4.79 Å². The van der Waals surface area contributed by atoms with E-state index in [4.69, 9.17) is 14.6 Å². The number of carbonyl (C=O) groups is 1. The Hall–Kier alpha value is -2.95. The third-order valence-electron chi connectivity index (χ3n) is 7.24. The topological polar surface area (TPSA) is 94.6 Å². The van der Waals surface area contributed by atoms with Gasteiger partial charge in [0.1, 0.15) is 12.4 Å². The molecule has 0 saturated carbocycles. The lowest BCUT2D eigenvalue weighted by molar-refractivity contribution is -0.133. The lowest BCUT2D eigenvalue weighted by atomic mass is 9.95. The Kier molecular flexibility index (Phi) is 6.89. The summed E-state index contributed by atoms with van der Waals surface area (Å²) < 4.78 is 16.2. The van der Waals surface area contributed by atoms with E-state index < -0.39 is 11.7 Å². The summed E-state index contributed by atoms with van der Waals surface area (Å²) in [5.41, 5.74) is 4.22. The molecule has 2 unspecified atom stereocenters. The Morgan fingerprint density at radius 1 is 1.15 bits per heavy atom. The second-order valence-corrected chi connectivity index (χ2v) is 12.4. The summed E-state index contributed by atoms with van der Waals surface area (Å²) in [6.45, 7) is 4.91. The van der Waals surface area contributed by atoms with Crippen molar-refractivity contribution in [2.75, 3.05) is 19.7 Å². The molecule has 2 aromatic carbocycles. The molecule has 11 heteroatoms. The number of halogens is 1. The summed E-state index contributed by atoms with van der Waals surface area (Å²) in [5.74, 6) is 1.20. The highest BCUT2D eigenvalue weighted by atomic mass is 127. The molecule has 1 N–H and O–H groups in total. The third-order valence-corrected chi connectivity index (χ3v) is 9.11. The van der Waals surface area contributed by atoms with Crippen LogP contribution in [0.2, 0.25) is 0 Å². The lowest BCUT2D eigenvalue weighted by Crippen LogP contribution is -2.35. The van der Waals surface area contributed by atoms with Gasteiger partial charge in [-0.25, -0.2) is 9.13 Å². The van der Waals surface area contributed by atoms with Crippen LogP contribution in [-0.4, -0.2) is 61.0 Å². The molecule has 1 saturated heterocycles. The van der Waals surface area contributed by atoms with Gasteiger partial charge in [0.2, 0.25) is 5.88 Å². The van der Waals surface area contributed by atoms with Gasteiger partial charge >= 0.3 is 0 Å². The van der Waals surface area contributed by atoms with Gasteiger partial charge in [0.25, 0.3) is 5.91 Å². The van der Waals surface area contributed by atoms with Crippen LogP contribution in [0.4, 0.5) is 0 Å². The van der Waals surface area contributed by atoms with Crippen LogP contribution in [0.1, 0.15) is 37.1 Å². The number of carbonyl (C=O) groups excluding carboxylic acids is 1. The fourth-order valence-corrected chi connectivity index (χ4v) is 6.61. The van der Waals surface area contributed by atoms with E-state index in [0.717, 1.165) is 38.9 Å². The van der Waals surface area contributed by atoms with Crippen LogP contribution in [-0.2, 0) is 17.4 Å². The summed E-state index contributed by atoms with van der Waals surface area (Å²) in [4.78, 5) is 15.0. The molecule has 6 rings (SSSR count). The molecule has 2 atom stereocenters. The maximum absolute atomic E-state index is 13.2. The molecule has 2 aromatic heterocycles. The van der Waals surface area contributed by atoms with Crippen molar-refractivity contribution in [3.63, 3.8) is 0 Å². The molecule has 1 amide bonds. The number of benzene rings is 2. The number of fused-ring (bicyclic) bond motifs is 6. The number of rotatable bonds is 2. The average Bonchev–Trinajstić information content (AvgIpc) is 3.57. The Labute approximate surface area is 241 Å². The van der Waals surface area contributed by atoms with Gasteiger partial charge < -0.3 is 19.5 Å². The fraction of sp³-hybridized carbons (Fsp3) is 0.321. The van der Waals surface area contributed by atoms with E-state index >= 15 is 0 Å². The minimum atomic E-state index is -1.02. The maximum Gasteiger partial charge on any atom is 0.263 e. The van der Waals surface area contributed by atoms with Crippen molar-refractivity contribution in [3.05, 3.63) is 59.4 Å². The van der Waals surface area contributed by atoms with Crippen molar-refractivity contribution in [2.45, 2.75) is 32.0 Å². The first-order chi connectivity index (χ1) is 18.7. The predicted molar refractivity (Wildman–Crippen MR) is 161 cm³/mol. The van der Waals surface area contributed by atoms with Gasteiger partial charge in [-0.05, 0) is 83.4 Å². The van der Waals surface area contributed by atoms with Gasteiger partial charge in [0.05, 0.1) is 41.5 Å². The highest BCUT2D eigenvalue weighted by molar-refractivity contribution is 14.2. The minimum Gasteiger partial charge on any atom is -0.480 e. The van der Waals surface area contributed by atoms with Crippen LogP contribution in [0.15, 0.2) is 42.6 Å². The highest BCUT2D eigenvalue weighted by Crippen LogP contribution is 2.37. The van der Waals surface area contributed by atoms with Crippen LogP contribution in [0.5, 0.6) is 11.6 Å². The summed E-state index contributed by atoms with van der Waals surface area (Å²) in [6, 6.07) is 11.9. The fourth-order valence-electron chi connectivity index (χ4n) is 5.07. The van der Waals surface area contributed by atoms with E-state index in [1.54, 1.807) is 23.4 Å². The molecule has 1 fully saturated rings. The number of amides is 1. The Morgan fingerprint density at radius 2 is 2.00 bits per heavy atom. The van der Waals surface area contributed by atoms with E-state index in [-0.39, 0.29) is 5.91 Å². The number of aliphatic hydroxyl groups is 1. The number of hydrogen-bond donors (Lipinski definition) is 1. The zero-order valence-electron chi connectivity index (χ0n) is 21.9. The maximum atomic E-state index is 13.2. The van der Waals surface area contributed by atoms with Crippen molar-refractivity contribution in [1.82, 2.24) is 24.2 Å². The lowest BCUT2D eigenvalue weighted by Gasteiger charge is -2.21. The van der Waals surface area contributed by atoms with Gasteiger partial charge in [-0.1, -0.05) is 12.1 Å². The molecule has 39 heavy (non-hydrogen) atoms. The van der Waals surface area contributed by atoms with Gasteiger partial charge in [-0.2, -0.15) is 10.2 Å². The number of ether oxygens (including phenoxy) is 2. The quantitative estimate of drug-likeness (QED) is 0.241. The van der Waals surface area contributed by atoms with Gasteiger partial charge in [0.15, 0.2) is 6.10 Å². The Bertz CT molecular complexity index is 1610. The molecule has 202 valence electrons. The molecule has 9 nitrogen and oxygen atoms in total. The zero-order valence-corrected chi connectivity index (χ0v) is 25.0. The third kappa shape index (κ3) is 4.94. The normalized spacial score (nSPS) is 18.7. The first kappa shape index (κ1) is 26.3. The van der Waals surface area contributed by atoms with Gasteiger partial charge in [0, 0.05) is 31.0 Å². The van der Waals surface area contributed by atoms with Crippen LogP contribution in [0, 0.1) is 0 Å².